The maximum atomic E-state index is 12.4. The Morgan fingerprint density at radius 3 is 2.62 bits per heavy atom. The molecule has 0 N–H and O–H groups in total. The summed E-state index contributed by atoms with van der Waals surface area (Å²) in [6.45, 7) is 0.613. The zero-order valence-corrected chi connectivity index (χ0v) is 13.4. The third-order valence-electron chi connectivity index (χ3n) is 3.32. The molecule has 1 aromatic heterocycles. The molecule has 0 spiro atoms. The third-order valence-corrected chi connectivity index (χ3v) is 4.55. The van der Waals surface area contributed by atoms with E-state index in [1.807, 2.05) is 0 Å². The van der Waals surface area contributed by atoms with Gasteiger partial charge in [-0.05, 0) is 0 Å². The molecular weight excluding hydrogens is 362 g/mol. The molecule has 0 aliphatic carbocycles. The molecule has 2 heterocycles. The smallest absolute Gasteiger partial charge is 0.348 e. The molecule has 1 aromatic carbocycles. The van der Waals surface area contributed by atoms with Crippen LogP contribution in [0.25, 0.3) is 0 Å². The van der Waals surface area contributed by atoms with Crippen LogP contribution in [0.15, 0.2) is 23.4 Å². The van der Waals surface area contributed by atoms with E-state index in [9.17, 15) is 25.4 Å². The number of hydrogen-bond acceptors (Lipinski definition) is 7. The topological polar surface area (TPSA) is 130 Å². The van der Waals surface area contributed by atoms with Crippen molar-refractivity contribution in [1.29, 1.82) is 0 Å². The Bertz CT molecular complexity index is 896. The van der Waals surface area contributed by atoms with Crippen molar-refractivity contribution in [2.24, 2.45) is 0 Å². The highest BCUT2D eigenvalue weighted by molar-refractivity contribution is 7.99. The van der Waals surface area contributed by atoms with Gasteiger partial charge in [0, 0.05) is 24.4 Å². The predicted octanol–water partition coefficient (Wildman–Crippen LogP) is 2.72. The molecule has 0 bridgehead atoms. The van der Waals surface area contributed by atoms with Crippen molar-refractivity contribution in [2.75, 3.05) is 5.75 Å². The lowest BCUT2D eigenvalue weighted by molar-refractivity contribution is -0.413. The lowest BCUT2D eigenvalue weighted by Crippen LogP contribution is -2.07. The Hall–Kier alpha value is -2.66. The molecule has 0 saturated heterocycles. The Kier molecular flexibility index (Phi) is 4.11. The first-order chi connectivity index (χ1) is 11.4. The van der Waals surface area contributed by atoms with E-state index in [0.29, 0.717) is 17.4 Å². The average Bonchev–Trinajstić information content (AvgIpc) is 3.09. The third kappa shape index (κ3) is 2.78. The molecule has 0 saturated carbocycles. The lowest BCUT2D eigenvalue weighted by atomic mass is 10.2. The van der Waals surface area contributed by atoms with Crippen molar-refractivity contribution in [3.05, 3.63) is 54.5 Å². The van der Waals surface area contributed by atoms with Crippen molar-refractivity contribution in [3.63, 3.8) is 0 Å². The maximum Gasteiger partial charge on any atom is 0.348 e. The van der Waals surface area contributed by atoms with Crippen LogP contribution in [0.1, 0.15) is 5.69 Å². The standard InChI is InChI=1S/C12H8ClN5O5S/c13-11-10(15-3-4-24-12(15)14-11)6-16(19)8-2-1-7(17(20)21)5-9(8)18(22)23/h1-2,5-6H,3-4H2/b16-6-. The van der Waals surface area contributed by atoms with Gasteiger partial charge in [0.1, 0.15) is 11.8 Å². The first-order valence-electron chi connectivity index (χ1n) is 6.51. The van der Waals surface area contributed by atoms with Crippen molar-refractivity contribution in [2.45, 2.75) is 11.7 Å². The van der Waals surface area contributed by atoms with Gasteiger partial charge in [0.2, 0.25) is 6.21 Å². The normalized spacial score (nSPS) is 13.8. The summed E-state index contributed by atoms with van der Waals surface area (Å²) in [4.78, 5) is 24.3. The molecule has 10 nitrogen and oxygen atoms in total. The number of nitro benzene ring substituents is 2. The highest BCUT2D eigenvalue weighted by atomic mass is 35.5. The van der Waals surface area contributed by atoms with Crippen molar-refractivity contribution >= 4 is 46.6 Å². The lowest BCUT2D eigenvalue weighted by Gasteiger charge is -2.05. The summed E-state index contributed by atoms with van der Waals surface area (Å²) in [6, 6.07) is 2.80. The van der Waals surface area contributed by atoms with Gasteiger partial charge in [0.15, 0.2) is 10.3 Å². The summed E-state index contributed by atoms with van der Waals surface area (Å²) in [7, 11) is 0. The monoisotopic (exact) mass is 369 g/mol. The van der Waals surface area contributed by atoms with E-state index in [1.165, 1.54) is 11.8 Å². The fraction of sp³-hybridized carbons (Fsp3) is 0.167. The molecule has 0 amide bonds. The largest absolute Gasteiger partial charge is 0.618 e. The van der Waals surface area contributed by atoms with E-state index in [2.05, 4.69) is 4.98 Å². The number of benzene rings is 1. The van der Waals surface area contributed by atoms with Crippen LogP contribution in [0.3, 0.4) is 0 Å². The van der Waals surface area contributed by atoms with Crippen LogP contribution in [0, 0.1) is 25.4 Å². The number of aromatic nitrogens is 2. The van der Waals surface area contributed by atoms with Gasteiger partial charge in [-0.25, -0.2) is 4.98 Å². The van der Waals surface area contributed by atoms with E-state index in [4.69, 9.17) is 11.6 Å². The Labute approximate surface area is 143 Å². The van der Waals surface area contributed by atoms with Gasteiger partial charge >= 0.3 is 5.69 Å². The number of nitrogens with zero attached hydrogens (tertiary/aromatic N) is 5. The number of nitro groups is 2. The average molecular weight is 370 g/mol. The van der Waals surface area contributed by atoms with Gasteiger partial charge < -0.3 is 9.77 Å². The second-order valence-electron chi connectivity index (χ2n) is 4.71. The second kappa shape index (κ2) is 6.09. The summed E-state index contributed by atoms with van der Waals surface area (Å²) < 4.78 is 2.00. The van der Waals surface area contributed by atoms with Gasteiger partial charge in [0.05, 0.1) is 9.85 Å². The molecule has 12 heteroatoms. The van der Waals surface area contributed by atoms with Crippen LogP contribution >= 0.6 is 23.4 Å². The highest BCUT2D eigenvalue weighted by Gasteiger charge is 2.27. The fourth-order valence-electron chi connectivity index (χ4n) is 2.23. The number of halogens is 1. The highest BCUT2D eigenvalue weighted by Crippen LogP contribution is 2.32. The Morgan fingerprint density at radius 2 is 1.96 bits per heavy atom. The van der Waals surface area contributed by atoms with Crippen molar-refractivity contribution in [1.82, 2.24) is 9.55 Å². The molecule has 0 fully saturated rings. The number of hydrogen-bond donors (Lipinski definition) is 0. The minimum absolute atomic E-state index is 0.114. The molecule has 124 valence electrons. The van der Waals surface area contributed by atoms with Crippen LogP contribution in [-0.4, -0.2) is 36.1 Å². The number of non-ortho nitro benzene ring substituents is 1. The van der Waals surface area contributed by atoms with Crippen LogP contribution < -0.4 is 0 Å². The zero-order valence-electron chi connectivity index (χ0n) is 11.8. The van der Waals surface area contributed by atoms with Crippen LogP contribution in [0.4, 0.5) is 17.1 Å². The van der Waals surface area contributed by atoms with E-state index < -0.39 is 21.2 Å². The molecule has 3 rings (SSSR count). The first kappa shape index (κ1) is 16.2. The molecule has 24 heavy (non-hydrogen) atoms. The summed E-state index contributed by atoms with van der Waals surface area (Å²) in [6.07, 6.45) is 1.08. The molecule has 1 aliphatic rings. The van der Waals surface area contributed by atoms with E-state index in [0.717, 1.165) is 30.2 Å². The maximum absolute atomic E-state index is 12.4. The van der Waals surface area contributed by atoms with Gasteiger partial charge in [-0.3, -0.25) is 20.2 Å². The van der Waals surface area contributed by atoms with E-state index in [-0.39, 0.29) is 15.6 Å². The molecule has 0 atom stereocenters. The molecule has 0 unspecified atom stereocenters. The summed E-state index contributed by atoms with van der Waals surface area (Å²) in [5, 5.41) is 35.0. The number of fused-ring (bicyclic) bond motifs is 1. The number of rotatable bonds is 4. The number of imidazole rings is 1. The van der Waals surface area contributed by atoms with Gasteiger partial charge in [-0.15, -0.1) is 0 Å². The zero-order chi connectivity index (χ0) is 17.4. The van der Waals surface area contributed by atoms with Crippen LogP contribution in [0.5, 0.6) is 0 Å². The number of thioether (sulfide) groups is 1. The SMILES string of the molecule is O=[N+]([O-])c1ccc(/[N+]([O-])=C/c2c(Cl)nc3n2CCS3)c([N+](=O)[O-])c1. The Morgan fingerprint density at radius 1 is 1.21 bits per heavy atom. The summed E-state index contributed by atoms with van der Waals surface area (Å²) >= 11 is 7.48. The minimum atomic E-state index is -0.848. The first-order valence-corrected chi connectivity index (χ1v) is 7.87. The van der Waals surface area contributed by atoms with E-state index in [1.54, 1.807) is 4.57 Å². The van der Waals surface area contributed by atoms with Gasteiger partial charge in [-0.2, -0.15) is 4.74 Å². The van der Waals surface area contributed by atoms with Crippen LogP contribution in [0.2, 0.25) is 5.15 Å². The van der Waals surface area contributed by atoms with Gasteiger partial charge in [0.25, 0.3) is 11.4 Å². The molecular formula is C12H8ClN5O5S. The molecule has 1 aliphatic heterocycles. The minimum Gasteiger partial charge on any atom is -0.618 e. The van der Waals surface area contributed by atoms with Gasteiger partial charge in [-0.1, -0.05) is 23.4 Å². The van der Waals surface area contributed by atoms with Crippen LogP contribution in [-0.2, 0) is 6.54 Å². The predicted molar refractivity (Wildman–Crippen MR) is 86.2 cm³/mol. The molecule has 2 aromatic rings. The quantitative estimate of drug-likeness (QED) is 0.266. The second-order valence-corrected chi connectivity index (χ2v) is 6.13. The molecule has 0 radical (unpaired) electrons. The summed E-state index contributed by atoms with van der Waals surface area (Å²) in [5.74, 6) is 0.789. The van der Waals surface area contributed by atoms with Crippen molar-refractivity contribution in [3.8, 4) is 0 Å². The van der Waals surface area contributed by atoms with Crippen molar-refractivity contribution < 1.29 is 14.6 Å². The fourth-order valence-corrected chi connectivity index (χ4v) is 3.47. The van der Waals surface area contributed by atoms with E-state index >= 15 is 0 Å². The summed E-state index contributed by atoms with van der Waals surface area (Å²) in [5.41, 5.74) is -1.14. The Balaban J connectivity index is 2.09.